The summed E-state index contributed by atoms with van der Waals surface area (Å²) >= 11 is 0. The number of hydrogen-bond acceptors (Lipinski definition) is 3. The van der Waals surface area contributed by atoms with Crippen LogP contribution in [0.1, 0.15) is 13.8 Å². The van der Waals surface area contributed by atoms with E-state index >= 15 is 0 Å². The van der Waals surface area contributed by atoms with Gasteiger partial charge in [-0.3, -0.25) is 4.90 Å². The van der Waals surface area contributed by atoms with E-state index < -0.39 is 0 Å². The highest BCUT2D eigenvalue weighted by molar-refractivity contribution is 5.74. The summed E-state index contributed by atoms with van der Waals surface area (Å²) in [5.74, 6) is 0. The van der Waals surface area contributed by atoms with Crippen LogP contribution in [0.25, 0.3) is 0 Å². The Balaban J connectivity index is 1.95. The summed E-state index contributed by atoms with van der Waals surface area (Å²) in [6, 6.07) is 0.215. The third kappa shape index (κ3) is 2.72. The van der Waals surface area contributed by atoms with Crippen molar-refractivity contribution in [3.05, 3.63) is 0 Å². The lowest BCUT2D eigenvalue weighted by Gasteiger charge is -2.46. The van der Waals surface area contributed by atoms with Crippen LogP contribution in [0, 0.1) is 0 Å². The van der Waals surface area contributed by atoms with Gasteiger partial charge in [-0.1, -0.05) is 0 Å². The minimum atomic E-state index is 0.0853. The van der Waals surface area contributed by atoms with E-state index in [9.17, 15) is 4.79 Å². The van der Waals surface area contributed by atoms with E-state index in [0.29, 0.717) is 0 Å². The maximum atomic E-state index is 12.4. The van der Waals surface area contributed by atoms with Gasteiger partial charge in [-0.05, 0) is 20.9 Å². The lowest BCUT2D eigenvalue weighted by molar-refractivity contribution is 0.0446. The Morgan fingerprint density at radius 2 is 1.71 bits per heavy atom. The second-order valence-corrected chi connectivity index (χ2v) is 5.68. The van der Waals surface area contributed by atoms with E-state index in [2.05, 4.69) is 31.1 Å². The number of nitrogens with zero attached hydrogens (tertiary/aromatic N) is 3. The highest BCUT2D eigenvalue weighted by Crippen LogP contribution is 2.19. The Morgan fingerprint density at radius 1 is 1.06 bits per heavy atom. The monoisotopic (exact) mass is 240 g/mol. The molecule has 2 aliphatic rings. The molecular formula is C12H24N4O. The van der Waals surface area contributed by atoms with Crippen molar-refractivity contribution >= 4 is 6.03 Å². The van der Waals surface area contributed by atoms with Crippen molar-refractivity contribution in [2.24, 2.45) is 0 Å². The molecule has 0 atom stereocenters. The highest BCUT2D eigenvalue weighted by Gasteiger charge is 2.34. The molecule has 0 aromatic heterocycles. The fraction of sp³-hybridized carbons (Fsp3) is 0.917. The molecule has 2 heterocycles. The van der Waals surface area contributed by atoms with Gasteiger partial charge in [-0.15, -0.1) is 0 Å². The molecule has 0 aromatic rings. The van der Waals surface area contributed by atoms with E-state index in [4.69, 9.17) is 0 Å². The van der Waals surface area contributed by atoms with Crippen molar-refractivity contribution in [3.63, 3.8) is 0 Å². The third-order valence-corrected chi connectivity index (χ3v) is 3.97. The Bertz CT molecular complexity index is 286. The fourth-order valence-corrected chi connectivity index (χ4v) is 2.46. The fourth-order valence-electron chi connectivity index (χ4n) is 2.46. The summed E-state index contributed by atoms with van der Waals surface area (Å²) in [7, 11) is 2.13. The summed E-state index contributed by atoms with van der Waals surface area (Å²) in [6.07, 6.45) is 0. The topological polar surface area (TPSA) is 38.8 Å². The summed E-state index contributed by atoms with van der Waals surface area (Å²) in [4.78, 5) is 18.7. The van der Waals surface area contributed by atoms with Crippen LogP contribution in [0.4, 0.5) is 4.79 Å². The van der Waals surface area contributed by atoms with Crippen LogP contribution < -0.4 is 5.32 Å². The molecule has 2 fully saturated rings. The van der Waals surface area contributed by atoms with Gasteiger partial charge in [-0.25, -0.2) is 4.79 Å². The van der Waals surface area contributed by atoms with E-state index in [1.165, 1.54) is 0 Å². The maximum Gasteiger partial charge on any atom is 0.320 e. The van der Waals surface area contributed by atoms with Crippen molar-refractivity contribution in [2.45, 2.75) is 19.4 Å². The van der Waals surface area contributed by atoms with Gasteiger partial charge >= 0.3 is 6.03 Å². The van der Waals surface area contributed by atoms with Crippen LogP contribution in [0.15, 0.2) is 0 Å². The average molecular weight is 240 g/mol. The zero-order chi connectivity index (χ0) is 12.5. The predicted molar refractivity (Wildman–Crippen MR) is 68.1 cm³/mol. The van der Waals surface area contributed by atoms with Crippen LogP contribution in [-0.2, 0) is 0 Å². The minimum Gasteiger partial charge on any atom is -0.322 e. The van der Waals surface area contributed by atoms with Gasteiger partial charge in [0.15, 0.2) is 0 Å². The van der Waals surface area contributed by atoms with Crippen molar-refractivity contribution in [1.82, 2.24) is 20.0 Å². The number of rotatable bonds is 0. The molecule has 0 aliphatic carbocycles. The first kappa shape index (κ1) is 12.6. The molecule has 5 heteroatoms. The van der Waals surface area contributed by atoms with E-state index in [-0.39, 0.29) is 11.6 Å². The largest absolute Gasteiger partial charge is 0.322 e. The molecule has 0 saturated carbocycles. The number of carbonyl (C=O) groups excluding carboxylic acids is 1. The smallest absolute Gasteiger partial charge is 0.320 e. The third-order valence-electron chi connectivity index (χ3n) is 3.97. The van der Waals surface area contributed by atoms with Crippen LogP contribution in [0.5, 0.6) is 0 Å². The number of hydrogen-bond donors (Lipinski definition) is 1. The molecule has 2 aliphatic heterocycles. The second-order valence-electron chi connectivity index (χ2n) is 5.68. The highest BCUT2D eigenvalue weighted by atomic mass is 16.2. The molecule has 1 N–H and O–H groups in total. The van der Waals surface area contributed by atoms with Gasteiger partial charge in [0.2, 0.25) is 0 Å². The molecule has 0 bridgehead atoms. The summed E-state index contributed by atoms with van der Waals surface area (Å²) in [5.41, 5.74) is 0.0853. The number of piperazine rings is 2. The molecule has 2 saturated heterocycles. The average Bonchev–Trinajstić information content (AvgIpc) is 2.33. The number of carbonyl (C=O) groups is 1. The van der Waals surface area contributed by atoms with E-state index in [1.807, 2.05) is 9.80 Å². The SMILES string of the molecule is CN1CCN(C(=O)N2CCNCC2)CC1(C)C. The Hall–Kier alpha value is -0.810. The first-order valence-electron chi connectivity index (χ1n) is 6.46. The van der Waals surface area contributed by atoms with Crippen molar-refractivity contribution in [2.75, 3.05) is 52.9 Å². The van der Waals surface area contributed by atoms with Gasteiger partial charge in [-0.2, -0.15) is 0 Å². The van der Waals surface area contributed by atoms with Crippen molar-refractivity contribution in [1.29, 1.82) is 0 Å². The molecule has 0 aromatic carbocycles. The van der Waals surface area contributed by atoms with E-state index in [1.54, 1.807) is 0 Å². The van der Waals surface area contributed by atoms with Crippen LogP contribution in [0.2, 0.25) is 0 Å². The molecule has 0 radical (unpaired) electrons. The first-order chi connectivity index (χ1) is 8.00. The van der Waals surface area contributed by atoms with Gasteiger partial charge in [0.05, 0.1) is 0 Å². The lowest BCUT2D eigenvalue weighted by Crippen LogP contribution is -2.62. The van der Waals surface area contributed by atoms with Gasteiger partial charge in [0.25, 0.3) is 0 Å². The molecule has 5 nitrogen and oxygen atoms in total. The quantitative estimate of drug-likeness (QED) is 0.650. The minimum absolute atomic E-state index is 0.0853. The molecule has 2 rings (SSSR count). The van der Waals surface area contributed by atoms with Gasteiger partial charge in [0.1, 0.15) is 0 Å². The maximum absolute atomic E-state index is 12.4. The normalized spacial score (nSPS) is 26.1. The molecule has 2 amide bonds. The lowest BCUT2D eigenvalue weighted by atomic mass is 10.00. The standard InChI is InChI=1S/C12H24N4O/c1-12(2)10-16(9-8-14(12)3)11(17)15-6-4-13-5-7-15/h13H,4-10H2,1-3H3. The summed E-state index contributed by atoms with van der Waals surface area (Å²) in [5, 5.41) is 3.28. The number of urea groups is 1. The first-order valence-corrected chi connectivity index (χ1v) is 6.46. The number of likely N-dealkylation sites (N-methyl/N-ethyl adjacent to an activating group) is 1. The summed E-state index contributed by atoms with van der Waals surface area (Å²) < 4.78 is 0. The van der Waals surface area contributed by atoms with Crippen LogP contribution in [-0.4, -0.2) is 79.1 Å². The zero-order valence-corrected chi connectivity index (χ0v) is 11.2. The van der Waals surface area contributed by atoms with Crippen LogP contribution in [0.3, 0.4) is 0 Å². The summed E-state index contributed by atoms with van der Waals surface area (Å²) in [6.45, 7) is 10.6. The Morgan fingerprint density at radius 3 is 2.29 bits per heavy atom. The second kappa shape index (κ2) is 4.82. The zero-order valence-electron chi connectivity index (χ0n) is 11.2. The number of amides is 2. The Kier molecular flexibility index (Phi) is 3.58. The molecule has 0 spiro atoms. The van der Waals surface area contributed by atoms with Crippen molar-refractivity contribution in [3.8, 4) is 0 Å². The molecule has 0 unspecified atom stereocenters. The van der Waals surface area contributed by atoms with Crippen molar-refractivity contribution < 1.29 is 4.79 Å². The Labute approximate surface area is 104 Å². The molecule has 17 heavy (non-hydrogen) atoms. The molecular weight excluding hydrogens is 216 g/mol. The van der Waals surface area contributed by atoms with Gasteiger partial charge < -0.3 is 15.1 Å². The molecule has 98 valence electrons. The van der Waals surface area contributed by atoms with Crippen LogP contribution >= 0.6 is 0 Å². The number of nitrogens with one attached hydrogen (secondary N) is 1. The van der Waals surface area contributed by atoms with E-state index in [0.717, 1.165) is 45.8 Å². The van der Waals surface area contributed by atoms with Gasteiger partial charge in [0, 0.05) is 51.4 Å². The predicted octanol–water partition coefficient (Wildman–Crippen LogP) is 0.0376.